The number of hydroxylamine groups is 3. The summed E-state index contributed by atoms with van der Waals surface area (Å²) in [5, 5.41) is 0. The number of nitrogens with zero attached hydrogens (tertiary/aromatic N) is 1. The van der Waals surface area contributed by atoms with Gasteiger partial charge in [-0.2, -0.15) is 9.48 Å². The molecule has 0 aliphatic carbocycles. The van der Waals surface area contributed by atoms with Crippen molar-refractivity contribution in [3.8, 4) is 0 Å². The second-order valence-corrected chi connectivity index (χ2v) is 7.88. The molecule has 2 heteroatoms. The maximum Gasteiger partial charge on any atom is 0.158 e. The van der Waals surface area contributed by atoms with Crippen LogP contribution in [0.3, 0.4) is 0 Å². The summed E-state index contributed by atoms with van der Waals surface area (Å²) in [6.07, 6.45) is 23.1. The van der Waals surface area contributed by atoms with Gasteiger partial charge in [0.1, 0.15) is 13.1 Å². The van der Waals surface area contributed by atoms with Gasteiger partial charge in [-0.15, -0.1) is 0 Å². The van der Waals surface area contributed by atoms with E-state index >= 15 is 0 Å². The standard InChI is InChI=1S/C21H44NO/c1-3-4-5-6-7-8-9-10-11-12-13-14-15-16-17-18-19-22(2)20-21-23-22/h3-21H2,1-2H3/q+1. The normalized spacial score (nSPS) is 20.6. The Labute approximate surface area is 146 Å². The van der Waals surface area contributed by atoms with Crippen LogP contribution in [0.2, 0.25) is 0 Å². The van der Waals surface area contributed by atoms with Crippen molar-refractivity contribution in [1.29, 1.82) is 0 Å². The number of hydrogen-bond acceptors (Lipinski definition) is 1. The van der Waals surface area contributed by atoms with E-state index in [1.807, 2.05) is 0 Å². The fourth-order valence-electron chi connectivity index (χ4n) is 3.57. The Morgan fingerprint density at radius 1 is 0.609 bits per heavy atom. The van der Waals surface area contributed by atoms with Crippen LogP contribution in [-0.2, 0) is 4.84 Å². The first-order valence-electron chi connectivity index (χ1n) is 10.8. The Kier molecular flexibility index (Phi) is 13.0. The molecule has 1 fully saturated rings. The van der Waals surface area contributed by atoms with Crippen molar-refractivity contribution in [2.24, 2.45) is 0 Å². The molecule has 0 saturated carbocycles. The van der Waals surface area contributed by atoms with Crippen molar-refractivity contribution < 1.29 is 9.48 Å². The predicted octanol–water partition coefficient (Wildman–Crippen LogP) is 6.64. The van der Waals surface area contributed by atoms with E-state index in [1.165, 1.54) is 116 Å². The molecule has 23 heavy (non-hydrogen) atoms. The lowest BCUT2D eigenvalue weighted by Gasteiger charge is -2.38. The minimum atomic E-state index is 0.874. The first-order valence-corrected chi connectivity index (χ1v) is 10.8. The number of likely N-dealkylation sites (N-methyl/N-ethyl adjacent to an activating group) is 1. The van der Waals surface area contributed by atoms with E-state index in [4.69, 9.17) is 4.84 Å². The van der Waals surface area contributed by atoms with Gasteiger partial charge in [-0.1, -0.05) is 96.8 Å². The Morgan fingerprint density at radius 3 is 1.26 bits per heavy atom. The van der Waals surface area contributed by atoms with Gasteiger partial charge >= 0.3 is 0 Å². The van der Waals surface area contributed by atoms with E-state index in [0.717, 1.165) is 11.3 Å². The summed E-state index contributed by atoms with van der Waals surface area (Å²) >= 11 is 0. The molecule has 1 atom stereocenters. The van der Waals surface area contributed by atoms with Gasteiger partial charge in [-0.3, -0.25) is 0 Å². The van der Waals surface area contributed by atoms with Crippen molar-refractivity contribution in [2.75, 3.05) is 26.7 Å². The Bertz CT molecular complexity index is 250. The van der Waals surface area contributed by atoms with Crippen LogP contribution in [-0.4, -0.2) is 31.4 Å². The smallest absolute Gasteiger partial charge is 0.158 e. The van der Waals surface area contributed by atoms with Gasteiger partial charge in [-0.25, -0.2) is 0 Å². The molecule has 0 aromatic carbocycles. The second-order valence-electron chi connectivity index (χ2n) is 7.88. The third-order valence-electron chi connectivity index (χ3n) is 5.45. The molecule has 2 nitrogen and oxygen atoms in total. The molecule has 138 valence electrons. The van der Waals surface area contributed by atoms with Crippen LogP contribution < -0.4 is 0 Å². The molecule has 1 unspecified atom stereocenters. The van der Waals surface area contributed by atoms with Crippen LogP contribution in [0, 0.1) is 0 Å². The number of rotatable bonds is 17. The maximum absolute atomic E-state index is 5.58. The summed E-state index contributed by atoms with van der Waals surface area (Å²) < 4.78 is 0.874. The minimum Gasteiger partial charge on any atom is -0.197 e. The highest BCUT2D eigenvalue weighted by Gasteiger charge is 2.32. The van der Waals surface area contributed by atoms with Crippen LogP contribution in [0.1, 0.15) is 110 Å². The summed E-state index contributed by atoms with van der Waals surface area (Å²) in [5.74, 6) is 0. The van der Waals surface area contributed by atoms with Crippen molar-refractivity contribution >= 4 is 0 Å². The molecule has 0 bridgehead atoms. The maximum atomic E-state index is 5.58. The molecule has 1 saturated heterocycles. The summed E-state index contributed by atoms with van der Waals surface area (Å²) in [7, 11) is 2.22. The minimum absolute atomic E-state index is 0.874. The van der Waals surface area contributed by atoms with E-state index < -0.39 is 0 Å². The van der Waals surface area contributed by atoms with Crippen molar-refractivity contribution in [3.05, 3.63) is 0 Å². The van der Waals surface area contributed by atoms with Crippen LogP contribution in [0.15, 0.2) is 0 Å². The van der Waals surface area contributed by atoms with Crippen LogP contribution in [0.4, 0.5) is 0 Å². The molecule has 0 N–H and O–H groups in total. The van der Waals surface area contributed by atoms with Gasteiger partial charge < -0.3 is 0 Å². The first-order chi connectivity index (χ1) is 11.3. The monoisotopic (exact) mass is 326 g/mol. The van der Waals surface area contributed by atoms with Gasteiger partial charge in [-0.05, 0) is 12.8 Å². The van der Waals surface area contributed by atoms with E-state index in [0.29, 0.717) is 0 Å². The molecule has 1 heterocycles. The highest BCUT2D eigenvalue weighted by molar-refractivity contribution is 4.50. The van der Waals surface area contributed by atoms with E-state index in [2.05, 4.69) is 14.0 Å². The molecular formula is C21H44NO+. The predicted molar refractivity (Wildman–Crippen MR) is 101 cm³/mol. The van der Waals surface area contributed by atoms with Gasteiger partial charge in [0.15, 0.2) is 6.61 Å². The molecule has 1 rings (SSSR count). The van der Waals surface area contributed by atoms with Crippen LogP contribution in [0.5, 0.6) is 0 Å². The molecule has 0 aromatic heterocycles. The SMILES string of the molecule is CCCCCCCCCCCCCCCCCC[N+]1(C)CCO1. The topological polar surface area (TPSA) is 9.23 Å². The molecule has 0 amide bonds. The third kappa shape index (κ3) is 12.0. The van der Waals surface area contributed by atoms with E-state index in [-0.39, 0.29) is 0 Å². The Balaban J connectivity index is 1.65. The zero-order valence-electron chi connectivity index (χ0n) is 16.3. The summed E-state index contributed by atoms with van der Waals surface area (Å²) in [5.41, 5.74) is 0. The highest BCUT2D eigenvalue weighted by atomic mass is 16.7. The number of hydrogen-bond donors (Lipinski definition) is 0. The van der Waals surface area contributed by atoms with Crippen molar-refractivity contribution in [2.45, 2.75) is 110 Å². The Hall–Kier alpha value is -0.0800. The molecule has 0 radical (unpaired) electrons. The lowest BCUT2D eigenvalue weighted by Crippen LogP contribution is -2.56. The highest BCUT2D eigenvalue weighted by Crippen LogP contribution is 2.17. The molecular weight excluding hydrogens is 282 g/mol. The largest absolute Gasteiger partial charge is 0.197 e. The van der Waals surface area contributed by atoms with Gasteiger partial charge in [0.2, 0.25) is 0 Å². The number of quaternary nitrogens is 1. The van der Waals surface area contributed by atoms with E-state index in [9.17, 15) is 0 Å². The lowest BCUT2D eigenvalue weighted by molar-refractivity contribution is -1.14. The fraction of sp³-hybridized carbons (Fsp3) is 1.00. The summed E-state index contributed by atoms with van der Waals surface area (Å²) in [6.45, 7) is 5.70. The average molecular weight is 327 g/mol. The molecule has 0 spiro atoms. The quantitative estimate of drug-likeness (QED) is 0.215. The van der Waals surface area contributed by atoms with E-state index in [1.54, 1.807) is 0 Å². The summed E-state index contributed by atoms with van der Waals surface area (Å²) in [4.78, 5) is 5.58. The van der Waals surface area contributed by atoms with Crippen molar-refractivity contribution in [3.63, 3.8) is 0 Å². The third-order valence-corrected chi connectivity index (χ3v) is 5.45. The lowest BCUT2D eigenvalue weighted by atomic mass is 10.0. The van der Waals surface area contributed by atoms with Crippen molar-refractivity contribution in [1.82, 2.24) is 0 Å². The fourth-order valence-corrected chi connectivity index (χ4v) is 3.57. The van der Waals surface area contributed by atoms with Crippen LogP contribution in [0.25, 0.3) is 0 Å². The second kappa shape index (κ2) is 14.3. The zero-order chi connectivity index (χ0) is 16.6. The zero-order valence-corrected chi connectivity index (χ0v) is 16.3. The molecule has 1 aliphatic heterocycles. The Morgan fingerprint density at radius 2 is 0.957 bits per heavy atom. The summed E-state index contributed by atoms with van der Waals surface area (Å²) in [6, 6.07) is 0. The average Bonchev–Trinajstić information content (AvgIpc) is 2.53. The van der Waals surface area contributed by atoms with Gasteiger partial charge in [0, 0.05) is 0 Å². The molecule has 0 aromatic rings. The number of unbranched alkanes of at least 4 members (excludes halogenated alkanes) is 15. The molecule has 1 aliphatic rings. The van der Waals surface area contributed by atoms with Gasteiger partial charge in [0.05, 0.1) is 7.05 Å². The van der Waals surface area contributed by atoms with Gasteiger partial charge in [0.25, 0.3) is 0 Å². The van der Waals surface area contributed by atoms with Crippen LogP contribution >= 0.6 is 0 Å². The first kappa shape index (κ1) is 21.0.